The summed E-state index contributed by atoms with van der Waals surface area (Å²) in [5.41, 5.74) is 0.584. The van der Waals surface area contributed by atoms with Crippen LogP contribution in [0.15, 0.2) is 18.2 Å². The summed E-state index contributed by atoms with van der Waals surface area (Å²) >= 11 is 0. The molecule has 0 bridgehead atoms. The van der Waals surface area contributed by atoms with Crippen LogP contribution in [0.4, 0.5) is 0 Å². The molecule has 26 heavy (non-hydrogen) atoms. The minimum absolute atomic E-state index is 0.0950. The highest BCUT2D eigenvalue weighted by Gasteiger charge is 2.37. The van der Waals surface area contributed by atoms with Gasteiger partial charge in [0.15, 0.2) is 11.5 Å². The van der Waals surface area contributed by atoms with Crippen LogP contribution in [0.1, 0.15) is 32.8 Å². The van der Waals surface area contributed by atoms with E-state index >= 15 is 0 Å². The summed E-state index contributed by atoms with van der Waals surface area (Å²) in [4.78, 5) is 36.9. The van der Waals surface area contributed by atoms with Crippen molar-refractivity contribution >= 4 is 17.8 Å². The number of amides is 1. The van der Waals surface area contributed by atoms with Gasteiger partial charge in [-0.1, -0.05) is 13.0 Å². The maximum atomic E-state index is 12.3. The van der Waals surface area contributed by atoms with Crippen molar-refractivity contribution in [3.8, 4) is 11.5 Å². The number of esters is 1. The van der Waals surface area contributed by atoms with Gasteiger partial charge in [0.1, 0.15) is 0 Å². The molecule has 0 saturated carbocycles. The predicted octanol–water partition coefficient (Wildman–Crippen LogP) is 1.85. The minimum atomic E-state index is -1.73. The molecule has 0 aliphatic heterocycles. The third-order valence-corrected chi connectivity index (χ3v) is 3.87. The van der Waals surface area contributed by atoms with Crippen LogP contribution in [0.5, 0.6) is 11.5 Å². The number of hydrogen-bond donors (Lipinski definition) is 1. The van der Waals surface area contributed by atoms with E-state index < -0.39 is 30.0 Å². The molecule has 0 aliphatic rings. The first-order valence-corrected chi connectivity index (χ1v) is 8.16. The minimum Gasteiger partial charge on any atom is -0.493 e. The van der Waals surface area contributed by atoms with Gasteiger partial charge in [-0.25, -0.2) is 9.59 Å². The van der Waals surface area contributed by atoms with Gasteiger partial charge in [0.25, 0.3) is 0 Å². The van der Waals surface area contributed by atoms with Crippen LogP contribution < -0.4 is 9.47 Å². The lowest BCUT2D eigenvalue weighted by Gasteiger charge is -2.27. The number of ether oxygens (including phenoxy) is 3. The monoisotopic (exact) mass is 367 g/mol. The average Bonchev–Trinajstić information content (AvgIpc) is 2.60. The van der Waals surface area contributed by atoms with Crippen LogP contribution in [0, 0.1) is 0 Å². The van der Waals surface area contributed by atoms with E-state index in [0.717, 1.165) is 4.90 Å². The van der Waals surface area contributed by atoms with Crippen molar-refractivity contribution in [1.29, 1.82) is 0 Å². The lowest BCUT2D eigenvalue weighted by Crippen LogP contribution is -2.50. The molecular weight excluding hydrogens is 342 g/mol. The first-order valence-electron chi connectivity index (χ1n) is 8.16. The van der Waals surface area contributed by atoms with E-state index in [-0.39, 0.29) is 6.54 Å². The Hall–Kier alpha value is -2.77. The van der Waals surface area contributed by atoms with E-state index in [1.807, 2.05) is 0 Å². The second-order valence-corrected chi connectivity index (χ2v) is 5.73. The second-order valence-electron chi connectivity index (χ2n) is 5.73. The summed E-state index contributed by atoms with van der Waals surface area (Å²) in [6, 6.07) is 3.19. The van der Waals surface area contributed by atoms with Crippen LogP contribution >= 0.6 is 0 Å². The number of rotatable bonds is 9. The van der Waals surface area contributed by atoms with Crippen molar-refractivity contribution in [2.45, 2.75) is 45.9 Å². The Morgan fingerprint density at radius 3 is 2.23 bits per heavy atom. The number of methoxy groups -OCH3 is 2. The zero-order valence-electron chi connectivity index (χ0n) is 15.6. The molecule has 2 unspecified atom stereocenters. The lowest BCUT2D eigenvalue weighted by atomic mass is 10.1. The molecule has 8 nitrogen and oxygen atoms in total. The Balaban J connectivity index is 3.14. The van der Waals surface area contributed by atoms with Crippen LogP contribution in [-0.4, -0.2) is 54.2 Å². The summed E-state index contributed by atoms with van der Waals surface area (Å²) in [6.45, 7) is 4.57. The number of benzene rings is 1. The van der Waals surface area contributed by atoms with Crippen molar-refractivity contribution in [2.24, 2.45) is 0 Å². The molecular formula is C18H25NO7. The Morgan fingerprint density at radius 1 is 1.15 bits per heavy atom. The molecule has 0 heterocycles. The Bertz CT molecular complexity index is 659. The maximum Gasteiger partial charge on any atom is 0.340 e. The molecule has 144 valence electrons. The SMILES string of the molecule is CCC(C)OC(=O)C(C(=O)O)N(Cc1ccc(OC)c(OC)c1)C(C)=O. The number of carbonyl (C=O) groups excluding carboxylic acids is 2. The standard InChI is InChI=1S/C18H25NO7/c1-6-11(2)26-18(23)16(17(21)22)19(12(3)20)10-13-7-8-14(24-4)15(9-13)25-5/h7-9,11,16H,6,10H2,1-5H3,(H,21,22). The summed E-state index contributed by atoms with van der Waals surface area (Å²) < 4.78 is 15.5. The molecule has 0 saturated heterocycles. The molecule has 0 aliphatic carbocycles. The number of carboxylic acid groups (broad SMARTS) is 1. The van der Waals surface area contributed by atoms with Gasteiger partial charge < -0.3 is 24.2 Å². The normalized spacial score (nSPS) is 12.7. The molecule has 1 aromatic carbocycles. The van der Waals surface area contributed by atoms with E-state index in [2.05, 4.69) is 0 Å². The summed E-state index contributed by atoms with van der Waals surface area (Å²) in [5.74, 6) is -2.05. The Morgan fingerprint density at radius 2 is 1.77 bits per heavy atom. The topological polar surface area (TPSA) is 102 Å². The van der Waals surface area contributed by atoms with Gasteiger partial charge >= 0.3 is 11.9 Å². The lowest BCUT2D eigenvalue weighted by molar-refractivity contribution is -0.168. The van der Waals surface area contributed by atoms with Crippen molar-refractivity contribution in [3.05, 3.63) is 23.8 Å². The highest BCUT2D eigenvalue weighted by molar-refractivity contribution is 6.01. The van der Waals surface area contributed by atoms with Crippen molar-refractivity contribution < 1.29 is 33.7 Å². The van der Waals surface area contributed by atoms with Crippen LogP contribution in [-0.2, 0) is 25.7 Å². The Kier molecular flexibility index (Phi) is 7.89. The van der Waals surface area contributed by atoms with Crippen LogP contribution in [0.2, 0.25) is 0 Å². The number of hydrogen-bond acceptors (Lipinski definition) is 6. The molecule has 0 fully saturated rings. The van der Waals surface area contributed by atoms with Gasteiger partial charge in [0, 0.05) is 13.5 Å². The molecule has 2 atom stereocenters. The second kappa shape index (κ2) is 9.65. The van der Waals surface area contributed by atoms with E-state index in [4.69, 9.17) is 14.2 Å². The van der Waals surface area contributed by atoms with Gasteiger partial charge in [-0.3, -0.25) is 4.79 Å². The molecule has 1 aromatic rings. The van der Waals surface area contributed by atoms with Gasteiger partial charge in [0.05, 0.1) is 20.3 Å². The number of carbonyl (C=O) groups is 3. The quantitative estimate of drug-likeness (QED) is 0.525. The van der Waals surface area contributed by atoms with Crippen molar-refractivity contribution in [3.63, 3.8) is 0 Å². The molecule has 0 spiro atoms. The molecule has 1 rings (SSSR count). The molecule has 1 N–H and O–H groups in total. The fourth-order valence-corrected chi connectivity index (χ4v) is 2.27. The predicted molar refractivity (Wildman–Crippen MR) is 93.0 cm³/mol. The zero-order valence-corrected chi connectivity index (χ0v) is 15.6. The summed E-state index contributed by atoms with van der Waals surface area (Å²) in [7, 11) is 2.96. The molecule has 8 heteroatoms. The van der Waals surface area contributed by atoms with E-state index in [0.29, 0.717) is 23.5 Å². The number of nitrogens with zero attached hydrogens (tertiary/aromatic N) is 1. The summed E-state index contributed by atoms with van der Waals surface area (Å²) in [6.07, 6.45) is 0.0904. The van der Waals surface area contributed by atoms with Gasteiger partial charge in [-0.15, -0.1) is 0 Å². The maximum absolute atomic E-state index is 12.3. The smallest absolute Gasteiger partial charge is 0.340 e. The fourth-order valence-electron chi connectivity index (χ4n) is 2.27. The Labute approximate surface area is 152 Å². The van der Waals surface area contributed by atoms with E-state index in [1.165, 1.54) is 21.1 Å². The van der Waals surface area contributed by atoms with E-state index in [1.54, 1.807) is 32.0 Å². The molecule has 0 radical (unpaired) electrons. The highest BCUT2D eigenvalue weighted by Crippen LogP contribution is 2.28. The molecule has 0 aromatic heterocycles. The third kappa shape index (κ3) is 5.37. The first-order chi connectivity index (χ1) is 12.2. The highest BCUT2D eigenvalue weighted by atomic mass is 16.5. The van der Waals surface area contributed by atoms with Gasteiger partial charge in [-0.2, -0.15) is 0 Å². The fraction of sp³-hybridized carbons (Fsp3) is 0.500. The number of aliphatic carboxylic acids is 1. The third-order valence-electron chi connectivity index (χ3n) is 3.87. The van der Waals surface area contributed by atoms with Gasteiger partial charge in [-0.05, 0) is 31.0 Å². The van der Waals surface area contributed by atoms with Crippen molar-refractivity contribution in [1.82, 2.24) is 4.90 Å². The van der Waals surface area contributed by atoms with Crippen LogP contribution in [0.3, 0.4) is 0 Å². The average molecular weight is 367 g/mol. The zero-order chi connectivity index (χ0) is 19.9. The number of carboxylic acids is 1. The first kappa shape index (κ1) is 21.3. The van der Waals surface area contributed by atoms with Crippen molar-refractivity contribution in [2.75, 3.05) is 14.2 Å². The van der Waals surface area contributed by atoms with Crippen LogP contribution in [0.25, 0.3) is 0 Å². The largest absolute Gasteiger partial charge is 0.493 e. The summed E-state index contributed by atoms with van der Waals surface area (Å²) in [5, 5.41) is 9.47. The van der Waals surface area contributed by atoms with E-state index in [9.17, 15) is 19.5 Å². The molecule has 1 amide bonds. The van der Waals surface area contributed by atoms with Gasteiger partial charge in [0.2, 0.25) is 11.9 Å².